The van der Waals surface area contributed by atoms with Crippen LogP contribution in [0.1, 0.15) is 29.7 Å². The molecule has 0 aromatic heterocycles. The summed E-state index contributed by atoms with van der Waals surface area (Å²) in [7, 11) is 0. The Hall–Kier alpha value is -2.01. The smallest absolute Gasteiger partial charge is 0.150 e. The number of hydrogen-bond acceptors (Lipinski definition) is 2. The molecule has 0 saturated carbocycles. The molecular weight excluding hydrogens is 290 g/mol. The molecule has 0 aliphatic heterocycles. The van der Waals surface area contributed by atoms with Gasteiger partial charge < -0.3 is 11.1 Å². The Morgan fingerprint density at radius 1 is 1.14 bits per heavy atom. The third kappa shape index (κ3) is 3.55. The number of thiocarbonyl (C=S) groups is 1. The maximum atomic E-state index is 14.0. The number of benzene rings is 2. The van der Waals surface area contributed by atoms with E-state index in [9.17, 15) is 8.78 Å². The second kappa shape index (κ2) is 6.18. The molecule has 0 fully saturated rings. The minimum absolute atomic E-state index is 0.0362. The van der Waals surface area contributed by atoms with E-state index in [-0.39, 0.29) is 22.3 Å². The molecule has 3 N–H and O–H groups in total. The molecule has 0 aliphatic rings. The van der Waals surface area contributed by atoms with E-state index in [0.29, 0.717) is 0 Å². The number of hydrogen-bond donors (Lipinski definition) is 2. The zero-order valence-corrected chi connectivity index (χ0v) is 12.6. The van der Waals surface area contributed by atoms with Crippen LogP contribution in [-0.2, 0) is 0 Å². The van der Waals surface area contributed by atoms with E-state index >= 15 is 0 Å². The third-order valence-corrected chi connectivity index (χ3v) is 3.50. The zero-order chi connectivity index (χ0) is 15.6. The van der Waals surface area contributed by atoms with Crippen molar-refractivity contribution in [1.29, 1.82) is 0 Å². The highest BCUT2D eigenvalue weighted by Gasteiger charge is 2.15. The molecule has 0 spiro atoms. The van der Waals surface area contributed by atoms with E-state index in [4.69, 9.17) is 18.0 Å². The highest BCUT2D eigenvalue weighted by Crippen LogP contribution is 2.26. The molecule has 2 rings (SSSR count). The Balaban J connectivity index is 2.27. The molecule has 2 nitrogen and oxygen atoms in total. The topological polar surface area (TPSA) is 38.0 Å². The summed E-state index contributed by atoms with van der Waals surface area (Å²) >= 11 is 4.73. The SMILES string of the molecule is Cc1ccc(C(C)Nc2c(F)cc(C(N)=S)cc2F)cc1. The van der Waals surface area contributed by atoms with Gasteiger partial charge in [-0.3, -0.25) is 0 Å². The van der Waals surface area contributed by atoms with Gasteiger partial charge in [0.15, 0.2) is 0 Å². The minimum atomic E-state index is -0.711. The van der Waals surface area contributed by atoms with Crippen molar-refractivity contribution in [3.05, 3.63) is 64.7 Å². The molecule has 0 saturated heterocycles. The van der Waals surface area contributed by atoms with Crippen molar-refractivity contribution >= 4 is 22.9 Å². The van der Waals surface area contributed by atoms with E-state index in [1.165, 1.54) is 0 Å². The molecule has 0 aliphatic carbocycles. The van der Waals surface area contributed by atoms with Crippen molar-refractivity contribution in [1.82, 2.24) is 0 Å². The van der Waals surface area contributed by atoms with Gasteiger partial charge in [0.2, 0.25) is 0 Å². The zero-order valence-electron chi connectivity index (χ0n) is 11.8. The van der Waals surface area contributed by atoms with E-state index in [1.54, 1.807) is 0 Å². The Kier molecular flexibility index (Phi) is 4.53. The predicted molar refractivity (Wildman–Crippen MR) is 85.5 cm³/mol. The van der Waals surface area contributed by atoms with Crippen LogP contribution in [0.25, 0.3) is 0 Å². The lowest BCUT2D eigenvalue weighted by molar-refractivity contribution is 0.584. The van der Waals surface area contributed by atoms with Gasteiger partial charge in [0.25, 0.3) is 0 Å². The lowest BCUT2D eigenvalue weighted by atomic mass is 10.1. The summed E-state index contributed by atoms with van der Waals surface area (Å²) in [6, 6.07) is 9.79. The second-order valence-electron chi connectivity index (χ2n) is 4.96. The van der Waals surface area contributed by atoms with Crippen LogP contribution in [0.5, 0.6) is 0 Å². The second-order valence-corrected chi connectivity index (χ2v) is 5.40. The Morgan fingerprint density at radius 2 is 1.67 bits per heavy atom. The fraction of sp³-hybridized carbons (Fsp3) is 0.188. The van der Waals surface area contributed by atoms with Crippen molar-refractivity contribution in [2.75, 3.05) is 5.32 Å². The number of nitrogens with two attached hydrogens (primary N) is 1. The summed E-state index contributed by atoms with van der Waals surface area (Å²) < 4.78 is 28.0. The number of nitrogens with one attached hydrogen (secondary N) is 1. The van der Waals surface area contributed by atoms with Gasteiger partial charge in [-0.25, -0.2) is 8.78 Å². The Bertz CT molecular complexity index is 645. The normalized spacial score (nSPS) is 12.0. The highest BCUT2D eigenvalue weighted by atomic mass is 32.1. The van der Waals surface area contributed by atoms with Gasteiger partial charge in [0, 0.05) is 11.6 Å². The van der Waals surface area contributed by atoms with Gasteiger partial charge in [0.05, 0.1) is 0 Å². The molecular formula is C16H16F2N2S. The van der Waals surface area contributed by atoms with Crippen LogP contribution in [0, 0.1) is 18.6 Å². The Labute approximate surface area is 128 Å². The maximum absolute atomic E-state index is 14.0. The molecule has 0 bridgehead atoms. The van der Waals surface area contributed by atoms with Gasteiger partial charge in [-0.05, 0) is 31.5 Å². The standard InChI is InChI=1S/C16H16F2N2S/c1-9-3-5-11(6-4-9)10(2)20-15-13(17)7-12(16(19)21)8-14(15)18/h3-8,10,20H,1-2H3,(H2,19,21). The fourth-order valence-electron chi connectivity index (χ4n) is 2.01. The fourth-order valence-corrected chi connectivity index (χ4v) is 2.13. The molecule has 0 radical (unpaired) electrons. The van der Waals surface area contributed by atoms with Crippen LogP contribution in [0.3, 0.4) is 0 Å². The third-order valence-electron chi connectivity index (χ3n) is 3.26. The number of halogens is 2. The van der Waals surface area contributed by atoms with Crippen LogP contribution in [-0.4, -0.2) is 4.99 Å². The first kappa shape index (κ1) is 15.4. The quantitative estimate of drug-likeness (QED) is 0.836. The number of rotatable bonds is 4. The van der Waals surface area contributed by atoms with Gasteiger partial charge in [-0.15, -0.1) is 0 Å². The van der Waals surface area contributed by atoms with Crippen molar-refractivity contribution in [2.24, 2.45) is 5.73 Å². The molecule has 110 valence electrons. The molecule has 21 heavy (non-hydrogen) atoms. The number of aryl methyl sites for hydroxylation is 1. The van der Waals surface area contributed by atoms with Gasteiger partial charge in [0.1, 0.15) is 22.3 Å². The summed E-state index contributed by atoms with van der Waals surface area (Å²) in [4.78, 5) is -0.0362. The molecule has 1 unspecified atom stereocenters. The van der Waals surface area contributed by atoms with E-state index in [0.717, 1.165) is 23.3 Å². The molecule has 2 aromatic carbocycles. The largest absolute Gasteiger partial charge is 0.389 e. The first-order valence-corrected chi connectivity index (χ1v) is 6.91. The predicted octanol–water partition coefficient (Wildman–Crippen LogP) is 4.08. The van der Waals surface area contributed by atoms with Gasteiger partial charge in [-0.2, -0.15) is 0 Å². The van der Waals surface area contributed by atoms with Crippen LogP contribution < -0.4 is 11.1 Å². The number of anilines is 1. The van der Waals surface area contributed by atoms with Crippen LogP contribution in [0.15, 0.2) is 36.4 Å². The highest BCUT2D eigenvalue weighted by molar-refractivity contribution is 7.80. The molecule has 0 heterocycles. The molecule has 5 heteroatoms. The average molecular weight is 306 g/mol. The first-order chi connectivity index (χ1) is 9.88. The summed E-state index contributed by atoms with van der Waals surface area (Å²) in [6.45, 7) is 3.82. The van der Waals surface area contributed by atoms with Crippen LogP contribution in [0.2, 0.25) is 0 Å². The summed E-state index contributed by atoms with van der Waals surface area (Å²) in [6.07, 6.45) is 0. The molecule has 2 aromatic rings. The van der Waals surface area contributed by atoms with Gasteiger partial charge in [-0.1, -0.05) is 42.0 Å². The van der Waals surface area contributed by atoms with E-state index in [1.807, 2.05) is 38.1 Å². The van der Waals surface area contributed by atoms with Gasteiger partial charge >= 0.3 is 0 Å². The van der Waals surface area contributed by atoms with E-state index < -0.39 is 11.6 Å². The summed E-state index contributed by atoms with van der Waals surface area (Å²) in [5.74, 6) is -1.42. The van der Waals surface area contributed by atoms with Crippen molar-refractivity contribution in [3.63, 3.8) is 0 Å². The van der Waals surface area contributed by atoms with Crippen molar-refractivity contribution < 1.29 is 8.78 Å². The lowest BCUT2D eigenvalue weighted by Gasteiger charge is -2.17. The van der Waals surface area contributed by atoms with Crippen molar-refractivity contribution in [2.45, 2.75) is 19.9 Å². The monoisotopic (exact) mass is 306 g/mol. The van der Waals surface area contributed by atoms with E-state index in [2.05, 4.69) is 5.32 Å². The maximum Gasteiger partial charge on any atom is 0.150 e. The summed E-state index contributed by atoms with van der Waals surface area (Å²) in [5, 5.41) is 2.85. The van der Waals surface area contributed by atoms with Crippen molar-refractivity contribution in [3.8, 4) is 0 Å². The molecule has 1 atom stereocenters. The minimum Gasteiger partial charge on any atom is -0.389 e. The van der Waals surface area contributed by atoms with Crippen LogP contribution in [0.4, 0.5) is 14.5 Å². The average Bonchev–Trinajstić information content (AvgIpc) is 2.43. The first-order valence-electron chi connectivity index (χ1n) is 6.50. The van der Waals surface area contributed by atoms with Crippen LogP contribution >= 0.6 is 12.2 Å². The Morgan fingerprint density at radius 3 is 2.14 bits per heavy atom. The lowest BCUT2D eigenvalue weighted by Crippen LogP contribution is -2.13. The summed E-state index contributed by atoms with van der Waals surface area (Å²) in [5.41, 5.74) is 7.45. The molecule has 0 amide bonds.